The van der Waals surface area contributed by atoms with Gasteiger partial charge in [-0.1, -0.05) is 32.9 Å². The largest absolute Gasteiger partial charge is 0.483 e. The third-order valence-corrected chi connectivity index (χ3v) is 5.85. The van der Waals surface area contributed by atoms with Crippen molar-refractivity contribution in [3.05, 3.63) is 59.5 Å². The van der Waals surface area contributed by atoms with E-state index in [0.717, 1.165) is 36.5 Å². The van der Waals surface area contributed by atoms with Gasteiger partial charge in [0.1, 0.15) is 11.4 Å². The number of ether oxygens (including phenoxy) is 1. The fourth-order valence-electron chi connectivity index (χ4n) is 3.87. The zero-order valence-electron chi connectivity index (χ0n) is 19.4. The van der Waals surface area contributed by atoms with E-state index in [4.69, 9.17) is 4.74 Å². The van der Waals surface area contributed by atoms with Crippen LogP contribution in [0.25, 0.3) is 5.65 Å². The van der Waals surface area contributed by atoms with Gasteiger partial charge >= 0.3 is 0 Å². The standard InChI is InChI=1S/C23H28N4O2.C2H6/c1-4-19-14-22-24-8-9-27(22)15-20(19)25-10-12-26(13-11-25)23(28)16-29-21-7-5-6-17(2)18(21)3;1-2/h5-9,14-15H,4,10-13,16H2,1-3H3;1-2H3. The van der Waals surface area contributed by atoms with E-state index in [0.29, 0.717) is 13.1 Å². The number of anilines is 1. The minimum absolute atomic E-state index is 0.0475. The van der Waals surface area contributed by atoms with Crippen LogP contribution in [0.5, 0.6) is 5.75 Å². The summed E-state index contributed by atoms with van der Waals surface area (Å²) in [4.78, 5) is 21.3. The topological polar surface area (TPSA) is 50.1 Å². The number of fused-ring (bicyclic) bond motifs is 1. The second-order valence-corrected chi connectivity index (χ2v) is 7.58. The molecule has 0 spiro atoms. The second-order valence-electron chi connectivity index (χ2n) is 7.58. The normalized spacial score (nSPS) is 13.7. The van der Waals surface area contributed by atoms with Crippen LogP contribution in [-0.4, -0.2) is 53.0 Å². The van der Waals surface area contributed by atoms with E-state index in [9.17, 15) is 4.79 Å². The molecule has 0 saturated carbocycles. The van der Waals surface area contributed by atoms with E-state index in [-0.39, 0.29) is 12.5 Å². The van der Waals surface area contributed by atoms with E-state index >= 15 is 0 Å². The molecule has 6 nitrogen and oxygen atoms in total. The van der Waals surface area contributed by atoms with Crippen molar-refractivity contribution in [2.24, 2.45) is 0 Å². The lowest BCUT2D eigenvalue weighted by atomic mass is 10.1. The number of rotatable bonds is 5. The SMILES string of the molecule is CC.CCc1cc2nccn2cc1N1CCN(C(=O)COc2cccc(C)c2C)CC1. The molecule has 1 aliphatic heterocycles. The van der Waals surface area contributed by atoms with Gasteiger partial charge in [-0.2, -0.15) is 0 Å². The van der Waals surface area contributed by atoms with Crippen LogP contribution in [0.2, 0.25) is 0 Å². The zero-order valence-corrected chi connectivity index (χ0v) is 19.4. The van der Waals surface area contributed by atoms with Crippen LogP contribution in [0.4, 0.5) is 5.69 Å². The van der Waals surface area contributed by atoms with E-state index in [1.165, 1.54) is 16.8 Å². The Hall–Kier alpha value is -3.02. The summed E-state index contributed by atoms with van der Waals surface area (Å²) in [7, 11) is 0. The molecule has 0 atom stereocenters. The summed E-state index contributed by atoms with van der Waals surface area (Å²) in [6.45, 7) is 13.4. The molecule has 0 unspecified atom stereocenters. The summed E-state index contributed by atoms with van der Waals surface area (Å²) >= 11 is 0. The van der Waals surface area contributed by atoms with Gasteiger partial charge in [-0.3, -0.25) is 4.79 Å². The van der Waals surface area contributed by atoms with E-state index in [2.05, 4.69) is 46.5 Å². The first-order valence-electron chi connectivity index (χ1n) is 11.2. The summed E-state index contributed by atoms with van der Waals surface area (Å²) in [5.41, 5.74) is 5.76. The van der Waals surface area contributed by atoms with Crippen molar-refractivity contribution in [1.29, 1.82) is 0 Å². The van der Waals surface area contributed by atoms with Crippen LogP contribution in [0.1, 0.15) is 37.5 Å². The van der Waals surface area contributed by atoms with Gasteiger partial charge in [-0.25, -0.2) is 4.98 Å². The zero-order chi connectivity index (χ0) is 22.4. The van der Waals surface area contributed by atoms with Gasteiger partial charge in [0, 0.05) is 44.8 Å². The molecule has 166 valence electrons. The number of benzene rings is 1. The molecule has 31 heavy (non-hydrogen) atoms. The maximum atomic E-state index is 12.6. The highest BCUT2D eigenvalue weighted by Crippen LogP contribution is 2.24. The van der Waals surface area contributed by atoms with Crippen LogP contribution in [0.3, 0.4) is 0 Å². The summed E-state index contributed by atoms with van der Waals surface area (Å²) in [6.07, 6.45) is 6.91. The van der Waals surface area contributed by atoms with Crippen LogP contribution < -0.4 is 9.64 Å². The molecule has 6 heteroatoms. The molecule has 0 N–H and O–H groups in total. The van der Waals surface area contributed by atoms with Crippen molar-refractivity contribution in [1.82, 2.24) is 14.3 Å². The summed E-state index contributed by atoms with van der Waals surface area (Å²) in [5.74, 6) is 0.838. The molecule has 4 rings (SSSR count). The number of hydrogen-bond acceptors (Lipinski definition) is 4. The minimum atomic E-state index is 0.0475. The quantitative estimate of drug-likeness (QED) is 0.616. The molecular weight excluding hydrogens is 388 g/mol. The Balaban J connectivity index is 0.00000132. The van der Waals surface area contributed by atoms with E-state index in [1.807, 2.05) is 50.2 Å². The van der Waals surface area contributed by atoms with E-state index in [1.54, 1.807) is 0 Å². The third kappa shape index (κ3) is 5.01. The van der Waals surface area contributed by atoms with Crippen LogP contribution in [0.15, 0.2) is 42.9 Å². The Bertz CT molecular complexity index is 1020. The van der Waals surface area contributed by atoms with Gasteiger partial charge in [0.05, 0.1) is 5.69 Å². The predicted octanol–water partition coefficient (Wildman–Crippen LogP) is 4.27. The lowest BCUT2D eigenvalue weighted by molar-refractivity contribution is -0.133. The number of aromatic nitrogens is 2. The Morgan fingerprint density at radius 2 is 1.87 bits per heavy atom. The van der Waals surface area contributed by atoms with Crippen LogP contribution in [0, 0.1) is 13.8 Å². The molecule has 2 aromatic heterocycles. The predicted molar refractivity (Wildman–Crippen MR) is 126 cm³/mol. The molecule has 3 aromatic rings. The van der Waals surface area contributed by atoms with Gasteiger partial charge in [0.2, 0.25) is 0 Å². The molecule has 1 amide bonds. The Labute approximate surface area is 185 Å². The van der Waals surface area contributed by atoms with E-state index < -0.39 is 0 Å². The molecule has 1 aromatic carbocycles. The van der Waals surface area contributed by atoms with Crippen molar-refractivity contribution in [2.75, 3.05) is 37.7 Å². The summed E-state index contributed by atoms with van der Waals surface area (Å²) in [6, 6.07) is 8.09. The van der Waals surface area contributed by atoms with Gasteiger partial charge in [-0.15, -0.1) is 0 Å². The van der Waals surface area contributed by atoms with Gasteiger partial charge < -0.3 is 18.9 Å². The van der Waals surface area contributed by atoms with Crippen molar-refractivity contribution >= 4 is 17.2 Å². The molecule has 1 saturated heterocycles. The smallest absolute Gasteiger partial charge is 0.260 e. The summed E-state index contributed by atoms with van der Waals surface area (Å²) < 4.78 is 7.86. The van der Waals surface area contributed by atoms with Crippen LogP contribution in [-0.2, 0) is 11.2 Å². The van der Waals surface area contributed by atoms with Crippen molar-refractivity contribution in [3.8, 4) is 5.75 Å². The number of hydrogen-bond donors (Lipinski definition) is 0. The highest BCUT2D eigenvalue weighted by atomic mass is 16.5. The Morgan fingerprint density at radius 1 is 1.13 bits per heavy atom. The first kappa shape index (κ1) is 22.7. The van der Waals surface area contributed by atoms with Crippen molar-refractivity contribution in [3.63, 3.8) is 0 Å². The van der Waals surface area contributed by atoms with Crippen molar-refractivity contribution < 1.29 is 9.53 Å². The number of carbonyl (C=O) groups is 1. The Kier molecular flexibility index (Phi) is 7.55. The molecule has 0 aliphatic carbocycles. The molecule has 0 radical (unpaired) electrons. The number of amides is 1. The number of nitrogens with zero attached hydrogens (tertiary/aromatic N) is 4. The first-order valence-corrected chi connectivity index (χ1v) is 11.2. The Morgan fingerprint density at radius 3 is 2.58 bits per heavy atom. The maximum Gasteiger partial charge on any atom is 0.260 e. The number of carbonyl (C=O) groups excluding carboxylic acids is 1. The lowest BCUT2D eigenvalue weighted by Gasteiger charge is -2.37. The second kappa shape index (κ2) is 10.3. The number of imidazole rings is 1. The monoisotopic (exact) mass is 422 g/mol. The third-order valence-electron chi connectivity index (χ3n) is 5.85. The van der Waals surface area contributed by atoms with Gasteiger partial charge in [0.25, 0.3) is 5.91 Å². The minimum Gasteiger partial charge on any atom is -0.483 e. The average molecular weight is 423 g/mol. The maximum absolute atomic E-state index is 12.6. The number of piperazine rings is 1. The fraction of sp³-hybridized carbons (Fsp3) is 0.440. The summed E-state index contributed by atoms with van der Waals surface area (Å²) in [5, 5.41) is 0. The molecule has 1 aliphatic rings. The molecule has 1 fully saturated rings. The molecular formula is C25H34N4O2. The molecule has 3 heterocycles. The lowest BCUT2D eigenvalue weighted by Crippen LogP contribution is -2.50. The van der Waals surface area contributed by atoms with Gasteiger partial charge in [-0.05, 0) is 49.1 Å². The van der Waals surface area contributed by atoms with Gasteiger partial charge in [0.15, 0.2) is 6.61 Å². The number of aryl methyl sites for hydroxylation is 2. The highest BCUT2D eigenvalue weighted by Gasteiger charge is 2.23. The van der Waals surface area contributed by atoms with Crippen molar-refractivity contribution in [2.45, 2.75) is 41.0 Å². The number of pyridine rings is 1. The highest BCUT2D eigenvalue weighted by molar-refractivity contribution is 5.78. The first-order chi connectivity index (χ1) is 15.1. The average Bonchev–Trinajstić information content (AvgIpc) is 3.28. The van der Waals surface area contributed by atoms with Crippen LogP contribution >= 0.6 is 0 Å². The molecule has 0 bridgehead atoms. The fourth-order valence-corrected chi connectivity index (χ4v) is 3.87.